The maximum Gasteiger partial charge on any atom is 0.266 e. The van der Waals surface area contributed by atoms with Gasteiger partial charge in [0.15, 0.2) is 0 Å². The highest BCUT2D eigenvalue weighted by Gasteiger charge is 2.29. The summed E-state index contributed by atoms with van der Waals surface area (Å²) in [7, 11) is -3.85. The van der Waals surface area contributed by atoms with Crippen LogP contribution in [0.3, 0.4) is 0 Å². The Kier molecular flexibility index (Phi) is 10.1. The molecule has 1 atom stereocenters. The molecular weight excluding hydrogens is 739 g/mol. The topological polar surface area (TPSA) is 128 Å². The number of hydrogen-bond donors (Lipinski definition) is 1. The summed E-state index contributed by atoms with van der Waals surface area (Å²) in [6.07, 6.45) is 3.69. The lowest BCUT2D eigenvalue weighted by Crippen LogP contribution is -2.40. The Bertz CT molecular complexity index is 2590. The molecule has 56 heavy (non-hydrogen) atoms. The molecule has 2 aliphatic rings. The molecule has 0 radical (unpaired) electrons. The number of fused-ring (bicyclic) bond motifs is 1. The number of aryl methyl sites for hydroxylation is 2. The van der Waals surface area contributed by atoms with Crippen LogP contribution in [0.5, 0.6) is 0 Å². The fourth-order valence-corrected chi connectivity index (χ4v) is 8.84. The van der Waals surface area contributed by atoms with Gasteiger partial charge in [-0.1, -0.05) is 24.3 Å². The van der Waals surface area contributed by atoms with Crippen molar-refractivity contribution in [3.05, 3.63) is 141 Å². The van der Waals surface area contributed by atoms with Crippen molar-refractivity contribution in [3.8, 4) is 16.8 Å². The molecule has 11 nitrogen and oxygen atoms in total. The first-order valence-corrected chi connectivity index (χ1v) is 20.0. The van der Waals surface area contributed by atoms with Crippen LogP contribution in [0, 0.1) is 25.5 Å². The predicted octanol–water partition coefficient (Wildman–Crippen LogP) is 6.14. The van der Waals surface area contributed by atoms with Crippen LogP contribution in [0.25, 0.3) is 27.7 Å². The van der Waals surface area contributed by atoms with E-state index in [9.17, 15) is 26.8 Å². The lowest BCUT2D eigenvalue weighted by molar-refractivity contribution is -0.122. The summed E-state index contributed by atoms with van der Waals surface area (Å²) in [4.78, 5) is 33.6. The molecule has 1 amide bonds. The van der Waals surface area contributed by atoms with Crippen LogP contribution in [-0.4, -0.2) is 64.3 Å². The zero-order valence-corrected chi connectivity index (χ0v) is 31.7. The minimum Gasteiger partial charge on any atom is -0.379 e. The van der Waals surface area contributed by atoms with Crippen molar-refractivity contribution in [2.24, 2.45) is 0 Å². The third-order valence-electron chi connectivity index (χ3n) is 10.3. The van der Waals surface area contributed by atoms with Crippen molar-refractivity contribution in [2.45, 2.75) is 56.5 Å². The van der Waals surface area contributed by atoms with Crippen LogP contribution in [-0.2, 0) is 32.5 Å². The van der Waals surface area contributed by atoms with Gasteiger partial charge in [-0.05, 0) is 109 Å². The van der Waals surface area contributed by atoms with Crippen LogP contribution >= 0.6 is 0 Å². The van der Waals surface area contributed by atoms with Crippen LogP contribution in [0.2, 0.25) is 0 Å². The van der Waals surface area contributed by atoms with Gasteiger partial charge < -0.3 is 10.1 Å². The number of nitrogens with one attached hydrogen (secondary N) is 1. The quantitative estimate of drug-likeness (QED) is 0.167. The van der Waals surface area contributed by atoms with E-state index in [2.05, 4.69) is 10.4 Å². The van der Waals surface area contributed by atoms with E-state index in [-0.39, 0.29) is 66.6 Å². The smallest absolute Gasteiger partial charge is 0.266 e. The Morgan fingerprint density at radius 2 is 1.62 bits per heavy atom. The second-order valence-electron chi connectivity index (χ2n) is 14.4. The van der Waals surface area contributed by atoms with E-state index in [0.29, 0.717) is 11.4 Å². The number of aromatic nitrogens is 4. The van der Waals surface area contributed by atoms with Crippen LogP contribution in [0.15, 0.2) is 101 Å². The first-order valence-electron chi connectivity index (χ1n) is 18.5. The largest absolute Gasteiger partial charge is 0.379 e. The van der Waals surface area contributed by atoms with Crippen LogP contribution < -0.4 is 10.9 Å². The number of carbonyl (C=O) groups excluding carboxylic acids is 1. The lowest BCUT2D eigenvalue weighted by Gasteiger charge is -2.26. The molecule has 0 unspecified atom stereocenters. The molecule has 3 heterocycles. The molecule has 1 aliphatic carbocycles. The SMILES string of the molecule is Cc1cccc(C)c1-c1ccc2c(=O)n(-c3ccc(S(=O)(=O)N4CCOCC4)cc3)c([C@H](Cc3cc(F)cc(F)c3)NC(=O)Cn3ccc(C4CC4)n3)nc2c1. The van der Waals surface area contributed by atoms with Gasteiger partial charge in [-0.3, -0.25) is 18.8 Å². The summed E-state index contributed by atoms with van der Waals surface area (Å²) in [5.74, 6) is -1.59. The number of sulfonamides is 1. The number of amides is 1. The molecule has 4 aromatic carbocycles. The van der Waals surface area contributed by atoms with Gasteiger partial charge in [-0.2, -0.15) is 9.40 Å². The van der Waals surface area contributed by atoms with E-state index < -0.39 is 39.2 Å². The van der Waals surface area contributed by atoms with Gasteiger partial charge >= 0.3 is 0 Å². The maximum atomic E-state index is 14.7. The number of ether oxygens (including phenoxy) is 1. The lowest BCUT2D eigenvalue weighted by atomic mass is 9.95. The average molecular weight is 779 g/mol. The van der Waals surface area contributed by atoms with Crippen LogP contribution in [0.4, 0.5) is 8.78 Å². The molecule has 14 heteroatoms. The summed E-state index contributed by atoms with van der Waals surface area (Å²) in [6.45, 7) is 4.86. The second-order valence-corrected chi connectivity index (χ2v) is 16.4. The number of benzene rings is 4. The Hall–Kier alpha value is -5.57. The number of nitrogens with zero attached hydrogens (tertiary/aromatic N) is 5. The maximum absolute atomic E-state index is 14.7. The number of carbonyl (C=O) groups is 1. The highest BCUT2D eigenvalue weighted by molar-refractivity contribution is 7.89. The van der Waals surface area contributed by atoms with Crippen molar-refractivity contribution in [1.29, 1.82) is 0 Å². The second kappa shape index (κ2) is 15.2. The van der Waals surface area contributed by atoms with Gasteiger partial charge in [-0.15, -0.1) is 0 Å². The number of halogens is 2. The standard InChI is InChI=1S/C42H40F2N6O5S/c1-26-4-3-5-27(2)40(26)30-8-13-35-37(23-30)46-41(50(42(35)52)33-9-11-34(12-10-33)56(53,54)49-16-18-55-19-17-49)38(22-28-20-31(43)24-32(44)21-28)45-39(51)25-48-15-14-36(47-48)29-6-7-29/h3-5,8-15,20-21,23-24,29,38H,6-7,16-19,22,25H2,1-2H3,(H,45,51)/t38-/m0/s1. The molecule has 288 valence electrons. The van der Waals surface area contributed by atoms with Crippen molar-refractivity contribution in [2.75, 3.05) is 26.3 Å². The van der Waals surface area contributed by atoms with Crippen LogP contribution in [0.1, 0.15) is 53.0 Å². The summed E-state index contributed by atoms with van der Waals surface area (Å²) in [6, 6.07) is 21.2. The van der Waals surface area contributed by atoms with E-state index in [0.717, 1.165) is 46.9 Å². The molecule has 0 spiro atoms. The minimum atomic E-state index is -3.85. The average Bonchev–Trinajstić information content (AvgIpc) is 3.92. The summed E-state index contributed by atoms with van der Waals surface area (Å²) < 4.78 is 65.7. The zero-order chi connectivity index (χ0) is 39.1. The van der Waals surface area contributed by atoms with Gasteiger partial charge in [0.25, 0.3) is 5.56 Å². The number of morpholine rings is 1. The zero-order valence-electron chi connectivity index (χ0n) is 30.9. The summed E-state index contributed by atoms with van der Waals surface area (Å²) >= 11 is 0. The molecule has 2 fully saturated rings. The van der Waals surface area contributed by atoms with Crippen molar-refractivity contribution >= 4 is 26.8 Å². The predicted molar refractivity (Wildman–Crippen MR) is 207 cm³/mol. The van der Waals surface area contributed by atoms with Gasteiger partial charge in [0.1, 0.15) is 24.0 Å². The number of hydrogen-bond acceptors (Lipinski definition) is 7. The Labute approximate surface area is 322 Å². The molecule has 1 saturated heterocycles. The molecule has 0 bridgehead atoms. The first-order chi connectivity index (χ1) is 26.9. The van der Waals surface area contributed by atoms with Gasteiger partial charge in [0.2, 0.25) is 15.9 Å². The molecule has 6 aromatic rings. The van der Waals surface area contributed by atoms with E-state index in [4.69, 9.17) is 9.72 Å². The van der Waals surface area contributed by atoms with Gasteiger partial charge in [-0.25, -0.2) is 22.2 Å². The third kappa shape index (κ3) is 7.64. The van der Waals surface area contributed by atoms with Crippen molar-refractivity contribution in [3.63, 3.8) is 0 Å². The Morgan fingerprint density at radius 1 is 0.929 bits per heavy atom. The number of rotatable bonds is 11. The van der Waals surface area contributed by atoms with E-state index in [1.165, 1.54) is 50.0 Å². The van der Waals surface area contributed by atoms with E-state index >= 15 is 0 Å². The van der Waals surface area contributed by atoms with E-state index in [1.54, 1.807) is 12.3 Å². The summed E-state index contributed by atoms with van der Waals surface area (Å²) in [5.41, 5.74) is 5.17. The fourth-order valence-electron chi connectivity index (χ4n) is 7.44. The molecule has 1 N–H and O–H groups in total. The monoisotopic (exact) mass is 778 g/mol. The third-order valence-corrected chi connectivity index (χ3v) is 12.3. The molecule has 1 aliphatic heterocycles. The van der Waals surface area contributed by atoms with E-state index in [1.807, 2.05) is 50.2 Å². The molecular formula is C42H40F2N6O5S. The molecule has 1 saturated carbocycles. The fraction of sp³-hybridized carbons (Fsp3) is 0.286. The molecule has 2 aromatic heterocycles. The van der Waals surface area contributed by atoms with Gasteiger partial charge in [0, 0.05) is 37.7 Å². The van der Waals surface area contributed by atoms with Crippen molar-refractivity contribution < 1.29 is 26.7 Å². The Morgan fingerprint density at radius 3 is 2.30 bits per heavy atom. The highest BCUT2D eigenvalue weighted by Crippen LogP contribution is 2.39. The first kappa shape index (κ1) is 37.4. The van der Waals surface area contributed by atoms with Crippen molar-refractivity contribution in [1.82, 2.24) is 29.0 Å². The molecule has 8 rings (SSSR count). The minimum absolute atomic E-state index is 0.0367. The van der Waals surface area contributed by atoms with Gasteiger partial charge in [0.05, 0.1) is 46.4 Å². The summed E-state index contributed by atoms with van der Waals surface area (Å²) in [5, 5.41) is 7.83. The highest BCUT2D eigenvalue weighted by atomic mass is 32.2. The Balaban J connectivity index is 1.27. The normalized spacial score (nSPS) is 15.6.